The van der Waals surface area contributed by atoms with E-state index in [1.807, 2.05) is 43.3 Å². The van der Waals surface area contributed by atoms with Gasteiger partial charge in [-0.25, -0.2) is 4.68 Å². The molecule has 1 aliphatic heterocycles. The van der Waals surface area contributed by atoms with Crippen LogP contribution in [-0.4, -0.2) is 35.3 Å². The molecule has 1 aliphatic rings. The summed E-state index contributed by atoms with van der Waals surface area (Å²) < 4.78 is 1.80. The van der Waals surface area contributed by atoms with Gasteiger partial charge in [0.05, 0.1) is 5.69 Å². The lowest BCUT2D eigenvalue weighted by Crippen LogP contribution is -2.30. The maximum atomic E-state index is 12.2. The number of nitrogens with zero attached hydrogens (tertiary/aromatic N) is 2. The standard InChI is InChI=1S/C16H20N4O/c1-12-9-15(16(21)18-11-13-7-8-17-10-13)19-20(12)14-5-3-2-4-6-14/h2-6,9,13,17H,7-8,10-11H2,1H3,(H,18,21)/t13-/m0/s1. The topological polar surface area (TPSA) is 59.0 Å². The fourth-order valence-corrected chi connectivity index (χ4v) is 2.63. The number of benzene rings is 1. The second kappa shape index (κ2) is 6.10. The van der Waals surface area contributed by atoms with Crippen LogP contribution in [0.3, 0.4) is 0 Å². The molecule has 0 radical (unpaired) electrons. The summed E-state index contributed by atoms with van der Waals surface area (Å²) in [6.45, 7) is 4.70. The Morgan fingerprint density at radius 1 is 1.43 bits per heavy atom. The van der Waals surface area contributed by atoms with Crippen molar-refractivity contribution < 1.29 is 4.79 Å². The van der Waals surface area contributed by atoms with E-state index in [-0.39, 0.29) is 5.91 Å². The highest BCUT2D eigenvalue weighted by Crippen LogP contribution is 2.12. The molecule has 2 heterocycles. The Balaban J connectivity index is 1.69. The van der Waals surface area contributed by atoms with Crippen LogP contribution in [0, 0.1) is 12.8 Å². The molecular formula is C16H20N4O. The smallest absolute Gasteiger partial charge is 0.271 e. The maximum absolute atomic E-state index is 12.2. The molecular weight excluding hydrogens is 264 g/mol. The van der Waals surface area contributed by atoms with E-state index < -0.39 is 0 Å². The van der Waals surface area contributed by atoms with Crippen LogP contribution in [0.4, 0.5) is 0 Å². The maximum Gasteiger partial charge on any atom is 0.271 e. The summed E-state index contributed by atoms with van der Waals surface area (Å²) in [7, 11) is 0. The molecule has 1 atom stereocenters. The van der Waals surface area contributed by atoms with Gasteiger partial charge in [0, 0.05) is 12.2 Å². The monoisotopic (exact) mass is 284 g/mol. The van der Waals surface area contributed by atoms with Crippen molar-refractivity contribution >= 4 is 5.91 Å². The second-order valence-electron chi connectivity index (χ2n) is 5.49. The number of carbonyl (C=O) groups is 1. The Morgan fingerprint density at radius 2 is 2.24 bits per heavy atom. The van der Waals surface area contributed by atoms with E-state index in [0.29, 0.717) is 18.2 Å². The molecule has 21 heavy (non-hydrogen) atoms. The first-order chi connectivity index (χ1) is 10.2. The number of amides is 1. The summed E-state index contributed by atoms with van der Waals surface area (Å²) >= 11 is 0. The number of aromatic nitrogens is 2. The molecule has 2 aromatic rings. The zero-order valence-corrected chi connectivity index (χ0v) is 12.2. The van der Waals surface area contributed by atoms with Crippen molar-refractivity contribution in [2.45, 2.75) is 13.3 Å². The summed E-state index contributed by atoms with van der Waals surface area (Å²) in [5.74, 6) is 0.436. The van der Waals surface area contributed by atoms with Crippen LogP contribution in [0.2, 0.25) is 0 Å². The normalized spacial score (nSPS) is 17.9. The summed E-state index contributed by atoms with van der Waals surface area (Å²) in [6.07, 6.45) is 1.12. The first-order valence-corrected chi connectivity index (χ1v) is 7.35. The molecule has 0 saturated carbocycles. The third kappa shape index (κ3) is 3.13. The number of rotatable bonds is 4. The number of hydrogen-bond acceptors (Lipinski definition) is 3. The SMILES string of the molecule is Cc1cc(C(=O)NC[C@H]2CCNC2)nn1-c1ccccc1. The largest absolute Gasteiger partial charge is 0.350 e. The van der Waals surface area contributed by atoms with Gasteiger partial charge in [0.1, 0.15) is 0 Å². The van der Waals surface area contributed by atoms with E-state index in [1.165, 1.54) is 0 Å². The highest BCUT2D eigenvalue weighted by atomic mass is 16.1. The van der Waals surface area contributed by atoms with Gasteiger partial charge in [0.25, 0.3) is 5.91 Å². The number of hydrogen-bond donors (Lipinski definition) is 2. The lowest BCUT2D eigenvalue weighted by atomic mass is 10.1. The molecule has 5 nitrogen and oxygen atoms in total. The lowest BCUT2D eigenvalue weighted by molar-refractivity contribution is 0.0943. The van der Waals surface area contributed by atoms with Gasteiger partial charge in [-0.15, -0.1) is 0 Å². The Morgan fingerprint density at radius 3 is 2.95 bits per heavy atom. The number of aryl methyl sites for hydroxylation is 1. The molecule has 3 rings (SSSR count). The zero-order valence-electron chi connectivity index (χ0n) is 12.2. The predicted molar refractivity (Wildman–Crippen MR) is 81.6 cm³/mol. The summed E-state index contributed by atoms with van der Waals surface area (Å²) in [4.78, 5) is 12.2. The minimum absolute atomic E-state index is 0.0975. The van der Waals surface area contributed by atoms with Crippen molar-refractivity contribution in [1.29, 1.82) is 0 Å². The Hall–Kier alpha value is -2.14. The van der Waals surface area contributed by atoms with Crippen molar-refractivity contribution in [2.24, 2.45) is 5.92 Å². The van der Waals surface area contributed by atoms with Crippen LogP contribution in [0.25, 0.3) is 5.69 Å². The van der Waals surface area contributed by atoms with E-state index in [0.717, 1.165) is 30.9 Å². The minimum atomic E-state index is -0.0975. The summed E-state index contributed by atoms with van der Waals surface area (Å²) in [6, 6.07) is 11.7. The van der Waals surface area contributed by atoms with Crippen LogP contribution in [0.5, 0.6) is 0 Å². The van der Waals surface area contributed by atoms with Crippen molar-refractivity contribution in [3.63, 3.8) is 0 Å². The number of para-hydroxylation sites is 1. The van der Waals surface area contributed by atoms with E-state index in [1.54, 1.807) is 4.68 Å². The number of nitrogens with one attached hydrogen (secondary N) is 2. The van der Waals surface area contributed by atoms with Crippen molar-refractivity contribution in [1.82, 2.24) is 20.4 Å². The van der Waals surface area contributed by atoms with Crippen LogP contribution < -0.4 is 10.6 Å². The van der Waals surface area contributed by atoms with Crippen molar-refractivity contribution in [3.8, 4) is 5.69 Å². The predicted octanol–water partition coefficient (Wildman–Crippen LogP) is 1.52. The molecule has 5 heteroatoms. The van der Waals surface area contributed by atoms with Crippen LogP contribution >= 0.6 is 0 Å². The highest BCUT2D eigenvalue weighted by molar-refractivity contribution is 5.92. The molecule has 110 valence electrons. The number of carbonyl (C=O) groups excluding carboxylic acids is 1. The van der Waals surface area contributed by atoms with Gasteiger partial charge >= 0.3 is 0 Å². The molecule has 2 N–H and O–H groups in total. The fraction of sp³-hybridized carbons (Fsp3) is 0.375. The van der Waals surface area contributed by atoms with Gasteiger partial charge in [-0.3, -0.25) is 4.79 Å². The fourth-order valence-electron chi connectivity index (χ4n) is 2.63. The third-order valence-electron chi connectivity index (χ3n) is 3.83. The van der Waals surface area contributed by atoms with Crippen LogP contribution in [-0.2, 0) is 0 Å². The van der Waals surface area contributed by atoms with Crippen LogP contribution in [0.1, 0.15) is 22.6 Å². The average molecular weight is 284 g/mol. The first kappa shape index (κ1) is 13.8. The zero-order chi connectivity index (χ0) is 14.7. The van der Waals surface area contributed by atoms with Gasteiger partial charge in [-0.2, -0.15) is 5.10 Å². The molecule has 1 fully saturated rings. The van der Waals surface area contributed by atoms with Gasteiger partial charge in [-0.1, -0.05) is 18.2 Å². The summed E-state index contributed by atoms with van der Waals surface area (Å²) in [5.41, 5.74) is 2.39. The highest BCUT2D eigenvalue weighted by Gasteiger charge is 2.17. The molecule has 1 aromatic carbocycles. The lowest BCUT2D eigenvalue weighted by Gasteiger charge is -2.08. The quantitative estimate of drug-likeness (QED) is 0.895. The molecule has 1 saturated heterocycles. The van der Waals surface area contributed by atoms with Crippen molar-refractivity contribution in [3.05, 3.63) is 47.8 Å². The van der Waals surface area contributed by atoms with E-state index in [2.05, 4.69) is 15.7 Å². The molecule has 0 bridgehead atoms. The molecule has 0 unspecified atom stereocenters. The molecule has 0 spiro atoms. The van der Waals surface area contributed by atoms with E-state index in [9.17, 15) is 4.79 Å². The molecule has 0 aliphatic carbocycles. The van der Waals surface area contributed by atoms with Crippen molar-refractivity contribution in [2.75, 3.05) is 19.6 Å². The Labute approximate surface area is 124 Å². The van der Waals surface area contributed by atoms with Gasteiger partial charge in [0.2, 0.25) is 0 Å². The van der Waals surface area contributed by atoms with Gasteiger partial charge in [0.15, 0.2) is 5.69 Å². The average Bonchev–Trinajstić information content (AvgIpc) is 3.15. The molecule has 1 aromatic heterocycles. The minimum Gasteiger partial charge on any atom is -0.350 e. The second-order valence-corrected chi connectivity index (χ2v) is 5.49. The van der Waals surface area contributed by atoms with Gasteiger partial charge < -0.3 is 10.6 Å². The van der Waals surface area contributed by atoms with Crippen LogP contribution in [0.15, 0.2) is 36.4 Å². The Kier molecular flexibility index (Phi) is 4.01. The third-order valence-corrected chi connectivity index (χ3v) is 3.83. The van der Waals surface area contributed by atoms with Gasteiger partial charge in [-0.05, 0) is 50.6 Å². The molecule has 1 amide bonds. The Bertz CT molecular complexity index is 614. The van der Waals surface area contributed by atoms with E-state index in [4.69, 9.17) is 0 Å². The van der Waals surface area contributed by atoms with E-state index >= 15 is 0 Å². The summed E-state index contributed by atoms with van der Waals surface area (Å²) in [5, 5.41) is 10.7. The first-order valence-electron chi connectivity index (χ1n) is 7.35.